The molecule has 4 atom stereocenters. The minimum Gasteiger partial charge on any atom is -0.400 e. The van der Waals surface area contributed by atoms with Gasteiger partial charge in [-0.3, -0.25) is 28.9 Å². The second-order valence-corrected chi connectivity index (χ2v) is 32.6. The van der Waals surface area contributed by atoms with Gasteiger partial charge in [-0.2, -0.15) is 10.1 Å². The molecular formula is C83H96BBrN12O12P+. The zero-order valence-electron chi connectivity index (χ0n) is 64.2. The molecule has 4 unspecified atom stereocenters. The second-order valence-electron chi connectivity index (χ2n) is 28.5. The summed E-state index contributed by atoms with van der Waals surface area (Å²) in [5, 5.41) is 6.99. The Morgan fingerprint density at radius 1 is 0.436 bits per heavy atom. The van der Waals surface area contributed by atoms with Gasteiger partial charge in [-0.25, -0.2) is 19.2 Å². The highest BCUT2D eigenvalue weighted by atomic mass is 79.9. The van der Waals surface area contributed by atoms with Crippen LogP contribution in [-0.2, 0) is 47.2 Å². The zero-order chi connectivity index (χ0) is 78.9. The van der Waals surface area contributed by atoms with Crippen LogP contribution in [0.4, 0.5) is 19.2 Å². The Morgan fingerprint density at radius 3 is 1.13 bits per heavy atom. The molecule has 0 spiro atoms. The highest BCUT2D eigenvalue weighted by molar-refractivity contribution is 9.10. The molecule has 7 aromatic rings. The maximum absolute atomic E-state index is 12.3. The lowest BCUT2D eigenvalue weighted by Gasteiger charge is -2.32. The molecular weight excluding hydrogens is 1480 g/mol. The second kappa shape index (κ2) is 34.6. The quantitative estimate of drug-likeness (QED) is 0.0430. The molecule has 110 heavy (non-hydrogen) atoms. The van der Waals surface area contributed by atoms with Crippen LogP contribution in [0.5, 0.6) is 0 Å². The third-order valence-electron chi connectivity index (χ3n) is 21.4. The number of aromatic nitrogens is 4. The number of halogens is 1. The first kappa shape index (κ1) is 80.5. The van der Waals surface area contributed by atoms with Crippen LogP contribution in [0.3, 0.4) is 0 Å². The number of likely N-dealkylation sites (N-methyl/N-ethyl adjacent to an activating group) is 2. The summed E-state index contributed by atoms with van der Waals surface area (Å²) in [7, 11) is 8.42. The molecule has 5 saturated heterocycles. The largest absolute Gasteiger partial charge is 0.492 e. The molecule has 9 aliphatic heterocycles. The summed E-state index contributed by atoms with van der Waals surface area (Å²) < 4.78 is 19.4. The molecule has 0 N–H and O–H groups in total. The minimum absolute atomic E-state index is 0.00405. The van der Waals surface area contributed by atoms with Crippen LogP contribution in [-0.4, -0.2) is 204 Å². The summed E-state index contributed by atoms with van der Waals surface area (Å²) in [5.74, 6) is 2.41. The van der Waals surface area contributed by atoms with E-state index in [0.29, 0.717) is 59.0 Å². The number of fused-ring (bicyclic) bond motifs is 8. The zero-order valence-corrected chi connectivity index (χ0v) is 66.7. The van der Waals surface area contributed by atoms with Gasteiger partial charge in [0.2, 0.25) is 0 Å². The molecule has 24 nitrogen and oxygen atoms in total. The van der Waals surface area contributed by atoms with Crippen LogP contribution in [0.1, 0.15) is 51.7 Å². The van der Waals surface area contributed by atoms with Gasteiger partial charge in [-0.15, -0.1) is 13.2 Å². The first-order valence-corrected chi connectivity index (χ1v) is 39.2. The van der Waals surface area contributed by atoms with Gasteiger partial charge in [0.25, 0.3) is 22.2 Å². The number of rotatable bonds is 14. The fourth-order valence-corrected chi connectivity index (χ4v) is 18.6. The van der Waals surface area contributed by atoms with E-state index in [4.69, 9.17) is 19.0 Å². The average molecular weight is 1580 g/mol. The third-order valence-corrected chi connectivity index (χ3v) is 26.2. The summed E-state index contributed by atoms with van der Waals surface area (Å²) in [6, 6.07) is 52.9. The van der Waals surface area contributed by atoms with Crippen LogP contribution in [0.25, 0.3) is 16.7 Å². The number of allylic oxidation sites excluding steroid dienone is 1. The first-order valence-electron chi connectivity index (χ1n) is 36.5. The Labute approximate surface area is 651 Å². The summed E-state index contributed by atoms with van der Waals surface area (Å²) in [4.78, 5) is 116. The molecule has 0 radical (unpaired) electrons. The Morgan fingerprint density at radius 2 is 0.764 bits per heavy atom. The van der Waals surface area contributed by atoms with Crippen molar-refractivity contribution in [3.63, 3.8) is 0 Å². The number of urea groups is 4. The average Bonchev–Trinajstić information content (AvgIpc) is 1.41. The lowest BCUT2D eigenvalue weighted by molar-refractivity contribution is -0.109. The monoisotopic (exact) mass is 1570 g/mol. The van der Waals surface area contributed by atoms with Gasteiger partial charge < -0.3 is 57.0 Å². The van der Waals surface area contributed by atoms with E-state index in [1.54, 1.807) is 110 Å². The molecule has 9 aliphatic rings. The van der Waals surface area contributed by atoms with Crippen LogP contribution in [0, 0.1) is 0 Å². The van der Waals surface area contributed by atoms with Crippen LogP contribution in [0.2, 0.25) is 0 Å². The van der Waals surface area contributed by atoms with Crippen molar-refractivity contribution in [3.05, 3.63) is 294 Å². The smallest absolute Gasteiger partial charge is 0.400 e. The molecule has 4 aromatic heterocycles. The van der Waals surface area contributed by atoms with Crippen molar-refractivity contribution in [1.82, 2.24) is 57.8 Å². The van der Waals surface area contributed by atoms with Crippen molar-refractivity contribution in [2.24, 2.45) is 28.2 Å². The SMILES string of the molecule is C/C=C/[P+](c1ccccc1)(c1ccccc1)c1ccccc1.C=CCON1C(=O)N2CC=C(B3OC(C)(C)C(C)(C)O3)C1C2.C=CCON1C(=O)N2CC=C(c3cccc(=O)n3C)C1C2.CN1C(=O)N2CC=C(c3cccc(=O)n3C)C1C2.CN1C(=O)N2CC=C(c3cccc(=O)n3C)C1C2.Cn1c(Br)cccc1=O. The summed E-state index contributed by atoms with van der Waals surface area (Å²) in [6.07, 6.45) is 13.5. The van der Waals surface area contributed by atoms with E-state index < -0.39 is 25.6 Å². The normalized spacial score (nSPS) is 20.2. The van der Waals surface area contributed by atoms with Gasteiger partial charge >= 0.3 is 31.2 Å². The Kier molecular flexibility index (Phi) is 25.4. The lowest BCUT2D eigenvalue weighted by atomic mass is 9.72. The van der Waals surface area contributed by atoms with Crippen molar-refractivity contribution in [3.8, 4) is 0 Å². The number of carbonyl (C=O) groups excluding carboxylic acids is 4. The predicted molar refractivity (Wildman–Crippen MR) is 437 cm³/mol. The van der Waals surface area contributed by atoms with Crippen LogP contribution in [0.15, 0.2) is 255 Å². The number of hydrogen-bond acceptors (Lipinski definition) is 12. The van der Waals surface area contributed by atoms with Crippen molar-refractivity contribution < 1.29 is 38.2 Å². The number of pyridine rings is 4. The standard InChI is InChI=1S/C21H20P.C15H23BN2O4.C15H17N3O3.2C13H15N3O2.C6H6BrNO/c1-2-18-22(19-12-6-3-7-13-19,20-14-8-4-9-15-20)21-16-10-5-11-17-21;1-6-9-20-18-12-10-17(13(18)19)8-7-11(12)16-21-14(2,3)15(4,5)22-16;1-3-9-21-18-13-10-17(15(18)20)8-7-11(13)12-5-4-6-14(19)16(12)2;2*1-14-10(4-3-5-12(14)17)9-6-7-16-8-11(9)15(2)13(16)18;1-8-5(7)3-2-4-6(8)9/h2-18H,1H3;6-7,12H,1,8-10H2,2-5H3;3-7,13H,1,8-10H2,2H3;2*3-6,11H,7-8H2,1-2H3;2-4H,1H3/q+1;;;;;/b18-2+;;;;;. The molecule has 0 aliphatic carbocycles. The van der Waals surface area contributed by atoms with Gasteiger partial charge in [0.1, 0.15) is 29.2 Å². The van der Waals surface area contributed by atoms with E-state index in [2.05, 4.69) is 139 Å². The molecule has 13 heterocycles. The molecule has 16 rings (SSSR count). The molecule has 8 amide bonds. The number of hydroxylamine groups is 4. The molecule has 8 bridgehead atoms. The van der Waals surface area contributed by atoms with Gasteiger partial charge in [0.05, 0.1) is 59.5 Å². The van der Waals surface area contributed by atoms with Crippen molar-refractivity contribution in [2.45, 2.75) is 70.0 Å². The number of amides is 8. The van der Waals surface area contributed by atoms with Gasteiger partial charge in [-0.05, 0) is 128 Å². The van der Waals surface area contributed by atoms with E-state index in [0.717, 1.165) is 43.9 Å². The fourth-order valence-electron chi connectivity index (χ4n) is 14.5. The van der Waals surface area contributed by atoms with Crippen LogP contribution < -0.4 is 38.2 Å². The maximum atomic E-state index is 12.3. The van der Waals surface area contributed by atoms with Gasteiger partial charge in [0, 0.05) is 135 Å². The van der Waals surface area contributed by atoms with Gasteiger partial charge in [0.15, 0.2) is 0 Å². The van der Waals surface area contributed by atoms with Crippen LogP contribution >= 0.6 is 23.2 Å². The third kappa shape index (κ3) is 16.5. The lowest BCUT2D eigenvalue weighted by Crippen LogP contribution is -2.41. The van der Waals surface area contributed by atoms with Crippen molar-refractivity contribution in [2.75, 3.05) is 79.7 Å². The predicted octanol–water partition coefficient (Wildman–Crippen LogP) is 9.49. The summed E-state index contributed by atoms with van der Waals surface area (Å²) in [5.41, 5.74) is 5.74. The molecule has 574 valence electrons. The van der Waals surface area contributed by atoms with Gasteiger partial charge in [-0.1, -0.05) is 121 Å². The molecule has 5 fully saturated rings. The van der Waals surface area contributed by atoms with E-state index in [1.165, 1.54) is 42.7 Å². The van der Waals surface area contributed by atoms with E-state index in [-0.39, 0.29) is 77.1 Å². The number of carbonyl (C=O) groups is 4. The molecule has 0 saturated carbocycles. The Bertz CT molecular complexity index is 4780. The maximum Gasteiger partial charge on any atom is 0.492 e. The molecule has 27 heteroatoms. The van der Waals surface area contributed by atoms with E-state index in [9.17, 15) is 38.4 Å². The first-order chi connectivity index (χ1) is 52.7. The Hall–Kier alpha value is -10.5. The Balaban J connectivity index is 0.000000133. The topological polar surface area (TPSA) is 219 Å². The van der Waals surface area contributed by atoms with Crippen molar-refractivity contribution >= 4 is 87.1 Å². The number of benzene rings is 3. The fraction of sp³-hybridized carbons (Fsp3) is 0.325. The minimum atomic E-state index is -1.73. The van der Waals surface area contributed by atoms with E-state index >= 15 is 0 Å². The molecule has 3 aromatic carbocycles. The highest BCUT2D eigenvalue weighted by Crippen LogP contribution is 2.57. The number of nitrogens with zero attached hydrogens (tertiary/aromatic N) is 12. The summed E-state index contributed by atoms with van der Waals surface area (Å²) in [6.45, 7) is 22.9. The van der Waals surface area contributed by atoms with E-state index in [1.807, 2.05) is 100 Å². The number of hydrogen-bond donors (Lipinski definition) is 0. The van der Waals surface area contributed by atoms with Crippen molar-refractivity contribution in [1.29, 1.82) is 0 Å². The summed E-state index contributed by atoms with van der Waals surface area (Å²) >= 11 is 3.21. The highest BCUT2D eigenvalue weighted by Gasteiger charge is 2.57.